The van der Waals surface area contributed by atoms with Crippen LogP contribution < -0.4 is 0 Å². The molecule has 2 amide bonds. The largest absolute Gasteiger partial charge is 0.324 e. The number of rotatable bonds is 4. The van der Waals surface area contributed by atoms with E-state index in [4.69, 9.17) is 0 Å². The summed E-state index contributed by atoms with van der Waals surface area (Å²) >= 11 is 0. The van der Waals surface area contributed by atoms with Gasteiger partial charge in [0.25, 0.3) is 0 Å². The molecule has 0 N–H and O–H groups in total. The Morgan fingerprint density at radius 1 is 1.21 bits per heavy atom. The molecule has 0 aromatic heterocycles. The smallest absolute Gasteiger partial charge is 0.323 e. The second-order valence-electron chi connectivity index (χ2n) is 6.10. The molecule has 130 valence electrons. The number of benzene rings is 1. The van der Waals surface area contributed by atoms with Gasteiger partial charge in [-0.05, 0) is 37.8 Å². The van der Waals surface area contributed by atoms with E-state index >= 15 is 0 Å². The van der Waals surface area contributed by atoms with Crippen LogP contribution in [0.15, 0.2) is 29.4 Å². The molecule has 2 rings (SSSR count). The predicted molar refractivity (Wildman–Crippen MR) is 91.7 cm³/mol. The van der Waals surface area contributed by atoms with E-state index in [2.05, 4.69) is 11.7 Å². The monoisotopic (exact) mass is 335 g/mol. The minimum absolute atomic E-state index is 0.161. The quantitative estimate of drug-likeness (QED) is 0.757. The Bertz CT molecular complexity index is 639. The fraction of sp³-hybridized carbons (Fsp3) is 0.444. The number of carbonyl (C=O) groups excluding carboxylic acids is 1. The van der Waals surface area contributed by atoms with Gasteiger partial charge in [-0.2, -0.15) is 0 Å². The number of nitrogens with zero attached hydrogens (tertiary/aromatic N) is 3. The Kier molecular flexibility index (Phi) is 6.06. The molecule has 1 aliphatic carbocycles. The highest BCUT2D eigenvalue weighted by atomic mass is 19.2. The number of aliphatic imine (C=N–C) groups is 1. The highest BCUT2D eigenvalue weighted by molar-refractivity contribution is 5.78. The van der Waals surface area contributed by atoms with Gasteiger partial charge in [-0.3, -0.25) is 4.99 Å². The lowest BCUT2D eigenvalue weighted by molar-refractivity contribution is 0.154. The number of amides is 2. The second-order valence-corrected chi connectivity index (χ2v) is 6.10. The van der Waals surface area contributed by atoms with Crippen molar-refractivity contribution in [1.29, 1.82) is 0 Å². The SMILES string of the molecule is C=NC(=CN(C)C(=O)N(C)C1CCCCC1)c1ccc(F)c(F)c1. The Labute approximate surface area is 141 Å². The third-order valence-electron chi connectivity index (χ3n) is 4.43. The molecule has 1 aromatic carbocycles. The standard InChI is InChI=1S/C18H23F2N3O/c1-21-17(13-9-10-15(19)16(20)11-13)12-22(2)18(24)23(3)14-7-5-4-6-8-14/h9-12,14H,1,4-8H2,2-3H3. The van der Waals surface area contributed by atoms with Crippen molar-refractivity contribution in [2.45, 2.75) is 38.1 Å². The fourth-order valence-electron chi connectivity index (χ4n) is 2.97. The number of urea groups is 1. The molecule has 0 spiro atoms. The van der Waals surface area contributed by atoms with E-state index in [1.54, 1.807) is 19.0 Å². The summed E-state index contributed by atoms with van der Waals surface area (Å²) in [5, 5.41) is 0. The number of hydrogen-bond donors (Lipinski definition) is 0. The van der Waals surface area contributed by atoms with Crippen LogP contribution in [0.2, 0.25) is 0 Å². The fourth-order valence-corrected chi connectivity index (χ4v) is 2.97. The minimum atomic E-state index is -0.963. The first kappa shape index (κ1) is 18.1. The Balaban J connectivity index is 2.15. The molecule has 4 nitrogen and oxygen atoms in total. The molecule has 0 unspecified atom stereocenters. The van der Waals surface area contributed by atoms with Crippen LogP contribution in [0.5, 0.6) is 0 Å². The van der Waals surface area contributed by atoms with Crippen LogP contribution in [0.25, 0.3) is 5.70 Å². The van der Waals surface area contributed by atoms with E-state index < -0.39 is 11.6 Å². The predicted octanol–water partition coefficient (Wildman–Crippen LogP) is 4.28. The molecule has 0 radical (unpaired) electrons. The van der Waals surface area contributed by atoms with Crippen LogP contribution >= 0.6 is 0 Å². The third-order valence-corrected chi connectivity index (χ3v) is 4.43. The van der Waals surface area contributed by atoms with Crippen molar-refractivity contribution in [3.8, 4) is 0 Å². The highest BCUT2D eigenvalue weighted by Gasteiger charge is 2.24. The third kappa shape index (κ3) is 4.19. The van der Waals surface area contributed by atoms with E-state index in [-0.39, 0.29) is 12.1 Å². The van der Waals surface area contributed by atoms with Gasteiger partial charge in [0.05, 0.1) is 5.70 Å². The van der Waals surface area contributed by atoms with Gasteiger partial charge in [0, 0.05) is 31.9 Å². The first-order valence-electron chi connectivity index (χ1n) is 8.07. The van der Waals surface area contributed by atoms with Crippen molar-refractivity contribution in [1.82, 2.24) is 9.80 Å². The molecule has 1 aromatic rings. The molecule has 0 bridgehead atoms. The summed E-state index contributed by atoms with van der Waals surface area (Å²) in [5.41, 5.74) is 0.672. The zero-order valence-corrected chi connectivity index (χ0v) is 14.1. The number of halogens is 2. The molecular formula is C18H23F2N3O. The second kappa shape index (κ2) is 8.04. The van der Waals surface area contributed by atoms with Crippen LogP contribution in [0, 0.1) is 11.6 Å². The van der Waals surface area contributed by atoms with Gasteiger partial charge in [0.1, 0.15) is 0 Å². The molecule has 1 aliphatic rings. The Morgan fingerprint density at radius 2 is 1.88 bits per heavy atom. The van der Waals surface area contributed by atoms with Gasteiger partial charge < -0.3 is 9.80 Å². The molecule has 1 saturated carbocycles. The van der Waals surface area contributed by atoms with Crippen LogP contribution in [0.1, 0.15) is 37.7 Å². The molecule has 0 aliphatic heterocycles. The lowest BCUT2D eigenvalue weighted by atomic mass is 9.95. The van der Waals surface area contributed by atoms with Crippen LogP contribution in [0.4, 0.5) is 13.6 Å². The summed E-state index contributed by atoms with van der Waals surface area (Å²) in [6.45, 7) is 3.45. The molecule has 0 atom stereocenters. The molecule has 1 fully saturated rings. The Morgan fingerprint density at radius 3 is 2.46 bits per heavy atom. The van der Waals surface area contributed by atoms with Crippen molar-refractivity contribution < 1.29 is 13.6 Å². The zero-order valence-electron chi connectivity index (χ0n) is 14.1. The van der Waals surface area contributed by atoms with Crippen molar-refractivity contribution in [3.63, 3.8) is 0 Å². The van der Waals surface area contributed by atoms with Gasteiger partial charge in [-0.1, -0.05) is 19.3 Å². The summed E-state index contributed by atoms with van der Waals surface area (Å²) in [6, 6.07) is 3.55. The zero-order chi connectivity index (χ0) is 17.7. The van der Waals surface area contributed by atoms with E-state index in [1.165, 1.54) is 23.6 Å². The van der Waals surface area contributed by atoms with Crippen molar-refractivity contribution in [2.24, 2.45) is 4.99 Å². The van der Waals surface area contributed by atoms with Crippen molar-refractivity contribution >= 4 is 18.4 Å². The average molecular weight is 335 g/mol. The molecular weight excluding hydrogens is 312 g/mol. The first-order valence-corrected chi connectivity index (χ1v) is 8.07. The summed E-state index contributed by atoms with van der Waals surface area (Å²) in [7, 11) is 3.41. The maximum atomic E-state index is 13.4. The summed E-state index contributed by atoms with van der Waals surface area (Å²) < 4.78 is 26.4. The molecule has 0 heterocycles. The van der Waals surface area contributed by atoms with Crippen molar-refractivity contribution in [3.05, 3.63) is 41.6 Å². The topological polar surface area (TPSA) is 35.9 Å². The van der Waals surface area contributed by atoms with E-state index in [1.807, 2.05) is 0 Å². The number of carbonyl (C=O) groups is 1. The van der Waals surface area contributed by atoms with Crippen LogP contribution in [0.3, 0.4) is 0 Å². The van der Waals surface area contributed by atoms with Gasteiger partial charge >= 0.3 is 6.03 Å². The minimum Gasteiger partial charge on any atom is -0.324 e. The van der Waals surface area contributed by atoms with Gasteiger partial charge in [-0.15, -0.1) is 0 Å². The van der Waals surface area contributed by atoms with E-state index in [0.29, 0.717) is 11.3 Å². The normalized spacial score (nSPS) is 15.9. The van der Waals surface area contributed by atoms with E-state index in [0.717, 1.165) is 37.8 Å². The first-order chi connectivity index (χ1) is 11.4. The number of hydrogen-bond acceptors (Lipinski definition) is 2. The Hall–Kier alpha value is -2.24. The average Bonchev–Trinajstić information content (AvgIpc) is 2.61. The van der Waals surface area contributed by atoms with Crippen LogP contribution in [-0.2, 0) is 0 Å². The maximum Gasteiger partial charge on any atom is 0.323 e. The summed E-state index contributed by atoms with van der Waals surface area (Å²) in [4.78, 5) is 19.5. The maximum absolute atomic E-state index is 13.4. The lowest BCUT2D eigenvalue weighted by Gasteiger charge is -2.33. The molecule has 6 heteroatoms. The summed E-state index contributed by atoms with van der Waals surface area (Å²) in [5.74, 6) is -1.89. The van der Waals surface area contributed by atoms with Crippen molar-refractivity contribution in [2.75, 3.05) is 14.1 Å². The van der Waals surface area contributed by atoms with Gasteiger partial charge in [-0.25, -0.2) is 13.6 Å². The molecule has 24 heavy (non-hydrogen) atoms. The van der Waals surface area contributed by atoms with Gasteiger partial charge in [0.2, 0.25) is 0 Å². The van der Waals surface area contributed by atoms with E-state index in [9.17, 15) is 13.6 Å². The molecule has 0 saturated heterocycles. The van der Waals surface area contributed by atoms with Gasteiger partial charge in [0.15, 0.2) is 11.6 Å². The van der Waals surface area contributed by atoms with Crippen LogP contribution in [-0.4, -0.2) is 42.7 Å². The highest BCUT2D eigenvalue weighted by Crippen LogP contribution is 2.23. The lowest BCUT2D eigenvalue weighted by Crippen LogP contribution is -2.43. The summed E-state index contributed by atoms with van der Waals surface area (Å²) in [6.07, 6.45) is 6.99.